The molecule has 0 aliphatic carbocycles. The van der Waals surface area contributed by atoms with Gasteiger partial charge in [0.1, 0.15) is 0 Å². The van der Waals surface area contributed by atoms with Crippen LogP contribution in [0.15, 0.2) is 152 Å². The fourth-order valence-electron chi connectivity index (χ4n) is 5.18. The molecule has 5 heterocycles. The molecule has 2 aromatic carbocycles. The second-order valence-electron chi connectivity index (χ2n) is 10.1. The molecular formula is C32H22B2N4O4. The van der Waals surface area contributed by atoms with E-state index in [0.29, 0.717) is 22.3 Å². The summed E-state index contributed by atoms with van der Waals surface area (Å²) in [6.07, 6.45) is 19.3. The van der Waals surface area contributed by atoms with Crippen LogP contribution < -0.4 is 10.9 Å². The maximum absolute atomic E-state index is 9.67. The second-order valence-corrected chi connectivity index (χ2v) is 10.1. The van der Waals surface area contributed by atoms with Gasteiger partial charge < -0.3 is 20.1 Å². The van der Waals surface area contributed by atoms with Gasteiger partial charge in [-0.2, -0.15) is 0 Å². The summed E-state index contributed by atoms with van der Waals surface area (Å²) in [5.41, 5.74) is 9.92. The highest BCUT2D eigenvalue weighted by molar-refractivity contribution is 6.59. The molecule has 42 heavy (non-hydrogen) atoms. The van der Waals surface area contributed by atoms with Gasteiger partial charge in [0.25, 0.3) is 0 Å². The molecule has 200 valence electrons. The van der Waals surface area contributed by atoms with E-state index >= 15 is 0 Å². The van der Waals surface area contributed by atoms with E-state index in [0.717, 1.165) is 56.5 Å². The van der Waals surface area contributed by atoms with Crippen LogP contribution in [0.1, 0.15) is 11.1 Å². The minimum absolute atomic E-state index is 0.371. The van der Waals surface area contributed by atoms with Crippen LogP contribution in [0.3, 0.4) is 0 Å². The molecular weight excluding hydrogens is 526 g/mol. The van der Waals surface area contributed by atoms with Crippen molar-refractivity contribution in [1.82, 2.24) is 0 Å². The first-order chi connectivity index (χ1) is 20.4. The molecule has 5 aliphatic heterocycles. The number of rotatable bonds is 4. The third-order valence-electron chi connectivity index (χ3n) is 7.21. The molecule has 4 N–H and O–H groups in total. The zero-order chi connectivity index (χ0) is 28.8. The summed E-state index contributed by atoms with van der Waals surface area (Å²) in [4.78, 5) is 19.3. The maximum Gasteiger partial charge on any atom is 0.488 e. The van der Waals surface area contributed by atoms with E-state index < -0.39 is 14.2 Å². The predicted octanol–water partition coefficient (Wildman–Crippen LogP) is 1.99. The number of hydrogen-bond acceptors (Lipinski definition) is 8. The molecule has 0 amide bonds. The van der Waals surface area contributed by atoms with E-state index in [1.54, 1.807) is 24.3 Å². The Labute approximate surface area is 242 Å². The Kier molecular flexibility index (Phi) is 6.45. The van der Waals surface area contributed by atoms with Crippen LogP contribution in [0, 0.1) is 0 Å². The lowest BCUT2D eigenvalue weighted by Gasteiger charge is -2.12. The minimum Gasteiger partial charge on any atom is -0.423 e. The molecule has 0 aromatic heterocycles. The highest BCUT2D eigenvalue weighted by Crippen LogP contribution is 2.40. The van der Waals surface area contributed by atoms with Crippen LogP contribution >= 0.6 is 0 Å². The fourth-order valence-corrected chi connectivity index (χ4v) is 5.18. The fraction of sp³-hybridized carbons (Fsp3) is 0. The number of benzene rings is 2. The van der Waals surface area contributed by atoms with E-state index in [-0.39, 0.29) is 0 Å². The molecule has 0 saturated heterocycles. The Morgan fingerprint density at radius 1 is 0.429 bits per heavy atom. The van der Waals surface area contributed by atoms with Gasteiger partial charge in [-0.05, 0) is 82.8 Å². The molecule has 5 aliphatic rings. The van der Waals surface area contributed by atoms with Gasteiger partial charge in [-0.1, -0.05) is 48.5 Å². The van der Waals surface area contributed by atoms with Crippen molar-refractivity contribution in [2.24, 2.45) is 20.0 Å². The highest BCUT2D eigenvalue weighted by Gasteiger charge is 2.27. The predicted molar refractivity (Wildman–Crippen MR) is 169 cm³/mol. The van der Waals surface area contributed by atoms with Gasteiger partial charge in [0.2, 0.25) is 0 Å². The van der Waals surface area contributed by atoms with E-state index in [1.807, 2.05) is 85.0 Å². The van der Waals surface area contributed by atoms with E-state index in [1.165, 1.54) is 0 Å². The minimum atomic E-state index is -1.59. The lowest BCUT2D eigenvalue weighted by Crippen LogP contribution is -2.29. The first-order valence-electron chi connectivity index (χ1n) is 13.3. The van der Waals surface area contributed by atoms with Crippen LogP contribution in [0.25, 0.3) is 11.1 Å². The Hall–Kier alpha value is -4.99. The maximum atomic E-state index is 9.67. The summed E-state index contributed by atoms with van der Waals surface area (Å²) in [6.45, 7) is 0. The van der Waals surface area contributed by atoms with Crippen LogP contribution in [-0.4, -0.2) is 57.2 Å². The van der Waals surface area contributed by atoms with Gasteiger partial charge in [-0.25, -0.2) is 20.0 Å². The smallest absolute Gasteiger partial charge is 0.423 e. The van der Waals surface area contributed by atoms with Gasteiger partial charge in [0.05, 0.1) is 45.6 Å². The molecule has 0 saturated carbocycles. The Balaban J connectivity index is 1.46. The lowest BCUT2D eigenvalue weighted by molar-refractivity contribution is 0.424. The molecule has 0 spiro atoms. The monoisotopic (exact) mass is 548 g/mol. The van der Waals surface area contributed by atoms with Gasteiger partial charge in [0, 0.05) is 11.1 Å². The number of aliphatic imine (C=N–C) groups is 4. The molecule has 0 radical (unpaired) electrons. The third kappa shape index (κ3) is 5.00. The molecule has 8 nitrogen and oxygen atoms in total. The quantitative estimate of drug-likeness (QED) is 0.436. The normalized spacial score (nSPS) is 18.3. The highest BCUT2D eigenvalue weighted by atomic mass is 16.4. The lowest BCUT2D eigenvalue weighted by atomic mass is 9.78. The molecule has 0 atom stereocenters. The topological polar surface area (TPSA) is 130 Å². The van der Waals surface area contributed by atoms with Crippen molar-refractivity contribution in [3.05, 3.63) is 143 Å². The molecule has 0 unspecified atom stereocenters. The summed E-state index contributed by atoms with van der Waals surface area (Å²) in [7, 11) is -3.17. The molecule has 7 rings (SSSR count). The zero-order valence-corrected chi connectivity index (χ0v) is 22.1. The Bertz CT molecular complexity index is 1900. The average Bonchev–Trinajstić information content (AvgIpc) is 3.78. The Morgan fingerprint density at radius 3 is 1.33 bits per heavy atom. The van der Waals surface area contributed by atoms with Crippen molar-refractivity contribution in [2.75, 3.05) is 0 Å². The van der Waals surface area contributed by atoms with Crippen molar-refractivity contribution in [3.63, 3.8) is 0 Å². The zero-order valence-electron chi connectivity index (χ0n) is 22.1. The third-order valence-corrected chi connectivity index (χ3v) is 7.21. The number of allylic oxidation sites excluding steroid dienone is 12. The van der Waals surface area contributed by atoms with Crippen LogP contribution in [0.2, 0.25) is 0 Å². The van der Waals surface area contributed by atoms with E-state index in [9.17, 15) is 20.1 Å². The summed E-state index contributed by atoms with van der Waals surface area (Å²) in [6, 6.07) is 14.0. The molecule has 10 heteroatoms. The molecule has 0 fully saturated rings. The number of nitrogens with zero attached hydrogens (tertiary/aromatic N) is 4. The summed E-state index contributed by atoms with van der Waals surface area (Å²) in [5, 5.41) is 38.7. The first-order valence-corrected chi connectivity index (χ1v) is 13.3. The average molecular weight is 548 g/mol. The number of hydrogen-bond donors (Lipinski definition) is 4. The van der Waals surface area contributed by atoms with Gasteiger partial charge in [-0.15, -0.1) is 0 Å². The first kappa shape index (κ1) is 25.9. The Morgan fingerprint density at radius 2 is 0.857 bits per heavy atom. The number of fused-ring (bicyclic) bond motifs is 4. The van der Waals surface area contributed by atoms with Crippen LogP contribution in [0.5, 0.6) is 0 Å². The largest absolute Gasteiger partial charge is 0.488 e. The van der Waals surface area contributed by atoms with Crippen LogP contribution in [-0.2, 0) is 0 Å². The van der Waals surface area contributed by atoms with Crippen molar-refractivity contribution in [1.29, 1.82) is 0 Å². The molecule has 8 bridgehead atoms. The van der Waals surface area contributed by atoms with Crippen molar-refractivity contribution in [2.45, 2.75) is 0 Å². The van der Waals surface area contributed by atoms with E-state index in [2.05, 4.69) is 4.99 Å². The summed E-state index contributed by atoms with van der Waals surface area (Å²) < 4.78 is 0. The SMILES string of the molecule is OB(O)c1ccc(C2=C(c3ccc(B(O)O)cc3)C3=NC2=CC2=NC(=CC4=NC(=CC5=NC(=C3)C=C5)C=C4)C=C2)cc1. The van der Waals surface area contributed by atoms with Crippen LogP contribution in [0.4, 0.5) is 0 Å². The summed E-state index contributed by atoms with van der Waals surface area (Å²) >= 11 is 0. The van der Waals surface area contributed by atoms with Gasteiger partial charge in [0.15, 0.2) is 0 Å². The molecule has 2 aromatic rings. The van der Waals surface area contributed by atoms with E-state index in [4.69, 9.17) is 15.0 Å². The second kappa shape index (κ2) is 10.4. The van der Waals surface area contributed by atoms with Crippen molar-refractivity contribution >= 4 is 59.2 Å². The van der Waals surface area contributed by atoms with Gasteiger partial charge >= 0.3 is 14.2 Å². The van der Waals surface area contributed by atoms with Gasteiger partial charge in [-0.3, -0.25) is 0 Å². The van der Waals surface area contributed by atoms with Crippen molar-refractivity contribution in [3.8, 4) is 0 Å². The standard InChI is InChI=1S/C32H22B2N4O4/c39-33(40)21-5-1-19(2-6-21)31-29-17-27-13-11-25(36-27)15-23-9-10-24(35-23)16-26-12-14-28(37-26)18-30(38-29)32(31)20-3-7-22(8-4-20)34(41)42/h1-18,39-42H. The summed E-state index contributed by atoms with van der Waals surface area (Å²) in [5.74, 6) is 0. The van der Waals surface area contributed by atoms with Crippen molar-refractivity contribution < 1.29 is 20.1 Å².